The molecule has 7 amide bonds. The van der Waals surface area contributed by atoms with Crippen molar-refractivity contribution in [3.05, 3.63) is 286 Å². The predicted octanol–water partition coefficient (Wildman–Crippen LogP) is 8.13. The van der Waals surface area contributed by atoms with Crippen LogP contribution in [-0.2, 0) is 49.6 Å². The maximum Gasteiger partial charge on any atom is 0.396 e. The summed E-state index contributed by atoms with van der Waals surface area (Å²) < 4.78 is 26.5. The molecule has 33 heteroatoms. The van der Waals surface area contributed by atoms with E-state index in [1.807, 2.05) is 164 Å². The maximum atomic E-state index is 13.0. The molecule has 4 aliphatic heterocycles. The summed E-state index contributed by atoms with van der Waals surface area (Å²) in [6, 6.07) is 52.0. The van der Waals surface area contributed by atoms with Crippen LogP contribution in [0, 0.1) is 23.7 Å². The number of pyridine rings is 4. The SMILES string of the molecule is CCOC(=O)c1nnc(Cc2ccccc2)o1.CN1C(=O)[C@@H](N)C2C[C@H]2c2cccnc21.CN1C(=O)[C@@H](NC(=O)c2nnc(Cc3ccccc3)o2)C2C[C@H]2c2cccnc21.CN1C(=O)[C@@H](NC(=O)c2nnc(Cc3ccccc3)o2)[C@H]2C[C@H]2c2cccnc21.CN1C(=O)[C@H](NC(=O)c2nnc(Cc3ccccc3)o2)[C@@H]2C[C@@H]2c2cccnc21. The summed E-state index contributed by atoms with van der Waals surface area (Å²) in [6.07, 6.45) is 12.1. The Morgan fingerprint density at radius 2 is 0.622 bits per heavy atom. The molecule has 0 saturated heterocycles. The molecule has 4 saturated carbocycles. The van der Waals surface area contributed by atoms with Crippen LogP contribution >= 0.6 is 0 Å². The monoisotopic (exact) mass is 1600 g/mol. The number of hydrogen-bond donors (Lipinski definition) is 4. The third kappa shape index (κ3) is 17.4. The molecule has 12 atom stereocenters. The number of esters is 1. The fourth-order valence-corrected chi connectivity index (χ4v) is 15.8. The summed E-state index contributed by atoms with van der Waals surface area (Å²) in [5, 5.41) is 39.3. The molecular weight excluding hydrogens is 1520 g/mol. The lowest BCUT2D eigenvalue weighted by Crippen LogP contribution is -2.48. The van der Waals surface area contributed by atoms with Crippen LogP contribution in [0.5, 0.6) is 0 Å². The third-order valence-electron chi connectivity index (χ3n) is 22.2. The number of ether oxygens (including phenoxy) is 1. The summed E-state index contributed by atoms with van der Waals surface area (Å²) in [4.78, 5) is 124. The molecule has 2 unspecified atom stereocenters. The molecule has 0 radical (unpaired) electrons. The molecule has 119 heavy (non-hydrogen) atoms. The molecule has 12 heterocycles. The van der Waals surface area contributed by atoms with Gasteiger partial charge in [0.25, 0.3) is 17.7 Å². The zero-order valence-corrected chi connectivity index (χ0v) is 65.3. The van der Waals surface area contributed by atoms with Crippen LogP contribution < -0.4 is 41.3 Å². The standard InChI is InChI=1S/3C21H19N5O3.C12H12N2O3.C11H13N3O/c3*1-26-18-13(8-5-9-22-18)14-11-15(14)17(21(26)28)23-19(27)20-25-24-16(29-20)10-12-6-3-2-4-7-12;1-2-16-12(15)11-14-13-10(17-11)8-9-6-4-3-5-7-9;1-14-10-6(3-2-4-13-10)7-5-8(7)9(12)11(14)15/h3*2-9,14-15,17H,10-11H2,1H3,(H,23,27);3-7H,2,8H2,1H3;2-4,7-9H,5,12H2,1H3/t14-,15?,17-;2*14-,15-,17-;;7-,8?,9-/m010.0/s1. The largest absolute Gasteiger partial charge is 0.459 e. The Bertz CT molecular complexity index is 5320. The molecule has 12 aromatic rings. The number of amides is 7. The molecule has 4 aliphatic carbocycles. The first-order chi connectivity index (χ1) is 57.8. The van der Waals surface area contributed by atoms with E-state index in [0.29, 0.717) is 78.5 Å². The molecule has 5 N–H and O–H groups in total. The number of likely N-dealkylation sites (N-methyl/N-ethyl adjacent to an activating group) is 4. The number of rotatable bonds is 16. The number of nitrogens with two attached hydrogens (primary N) is 1. The molecule has 4 fully saturated rings. The van der Waals surface area contributed by atoms with Gasteiger partial charge < -0.3 is 44.1 Å². The Labute approximate surface area is 681 Å². The van der Waals surface area contributed by atoms with E-state index < -0.39 is 41.8 Å². The van der Waals surface area contributed by atoms with Gasteiger partial charge in [-0.25, -0.2) is 24.7 Å². The average molecular weight is 1600 g/mol. The van der Waals surface area contributed by atoms with Gasteiger partial charge in [0, 0.05) is 53.0 Å². The predicted molar refractivity (Wildman–Crippen MR) is 426 cm³/mol. The molecule has 4 aromatic carbocycles. The van der Waals surface area contributed by atoms with Gasteiger partial charge in [0.1, 0.15) is 41.4 Å². The zero-order chi connectivity index (χ0) is 82.5. The Kier molecular flexibility index (Phi) is 22.7. The van der Waals surface area contributed by atoms with E-state index in [2.05, 4.69) is 82.7 Å². The number of hydrogen-bond acceptors (Lipinski definition) is 26. The minimum Gasteiger partial charge on any atom is -0.459 e. The highest BCUT2D eigenvalue weighted by atomic mass is 16.5. The zero-order valence-electron chi connectivity index (χ0n) is 65.3. The van der Waals surface area contributed by atoms with Crippen LogP contribution in [0.15, 0.2) is 212 Å². The molecule has 0 spiro atoms. The van der Waals surface area contributed by atoms with E-state index in [1.165, 1.54) is 20.3 Å². The van der Waals surface area contributed by atoms with Crippen molar-refractivity contribution in [2.75, 3.05) is 54.4 Å². The van der Waals surface area contributed by atoms with E-state index in [0.717, 1.165) is 70.4 Å². The summed E-state index contributed by atoms with van der Waals surface area (Å²) in [5.74, 6) is 2.50. The van der Waals surface area contributed by atoms with Crippen molar-refractivity contribution >= 4 is 70.6 Å². The first-order valence-electron chi connectivity index (χ1n) is 39.0. The highest BCUT2D eigenvalue weighted by Gasteiger charge is 2.56. The lowest BCUT2D eigenvalue weighted by atomic mass is 10.1. The van der Waals surface area contributed by atoms with Gasteiger partial charge in [-0.3, -0.25) is 53.2 Å². The Balaban J connectivity index is 0.000000114. The second-order valence-corrected chi connectivity index (χ2v) is 30.0. The minimum absolute atomic E-state index is 0.0139. The van der Waals surface area contributed by atoms with Crippen LogP contribution in [0.25, 0.3) is 0 Å². The normalized spacial score (nSPS) is 22.0. The van der Waals surface area contributed by atoms with Crippen molar-refractivity contribution in [2.24, 2.45) is 29.4 Å². The van der Waals surface area contributed by atoms with Gasteiger partial charge in [-0.1, -0.05) is 146 Å². The lowest BCUT2D eigenvalue weighted by molar-refractivity contribution is -0.121. The Hall–Kier alpha value is -14.2. The van der Waals surface area contributed by atoms with Gasteiger partial charge in [0.2, 0.25) is 29.5 Å². The highest BCUT2D eigenvalue weighted by Crippen LogP contribution is 2.57. The quantitative estimate of drug-likeness (QED) is 0.0663. The van der Waals surface area contributed by atoms with Gasteiger partial charge in [0.05, 0.1) is 38.3 Å². The average Bonchev–Trinajstić information content (AvgIpc) is 1.60. The van der Waals surface area contributed by atoms with Crippen LogP contribution in [0.4, 0.5) is 23.3 Å². The van der Waals surface area contributed by atoms with E-state index in [1.54, 1.807) is 64.8 Å². The van der Waals surface area contributed by atoms with Crippen LogP contribution in [0.2, 0.25) is 0 Å². The molecular formula is C86H82N20O13. The van der Waals surface area contributed by atoms with E-state index >= 15 is 0 Å². The molecule has 8 aliphatic rings. The molecule has 0 bridgehead atoms. The number of anilines is 4. The van der Waals surface area contributed by atoms with Crippen molar-refractivity contribution in [3.63, 3.8) is 0 Å². The summed E-state index contributed by atoms with van der Waals surface area (Å²) >= 11 is 0. The third-order valence-corrected chi connectivity index (χ3v) is 22.2. The van der Waals surface area contributed by atoms with Gasteiger partial charge in [-0.2, -0.15) is 0 Å². The van der Waals surface area contributed by atoms with Crippen molar-refractivity contribution < 1.29 is 60.8 Å². The van der Waals surface area contributed by atoms with Crippen molar-refractivity contribution in [1.82, 2.24) is 76.7 Å². The van der Waals surface area contributed by atoms with E-state index in [9.17, 15) is 38.4 Å². The first kappa shape index (κ1) is 78.6. The van der Waals surface area contributed by atoms with Crippen LogP contribution in [0.3, 0.4) is 0 Å². The number of benzene rings is 4. The number of aromatic nitrogens is 12. The van der Waals surface area contributed by atoms with Crippen LogP contribution in [-0.4, -0.2) is 167 Å². The number of carbonyl (C=O) groups is 8. The second kappa shape index (κ2) is 34.3. The fraction of sp³-hybridized carbons (Fsp3) is 0.302. The second-order valence-electron chi connectivity index (χ2n) is 30.0. The molecule has 20 rings (SSSR count). The molecule has 604 valence electrons. The number of carbonyl (C=O) groups excluding carboxylic acids is 8. The Morgan fingerprint density at radius 1 is 0.361 bits per heavy atom. The molecule has 33 nitrogen and oxygen atoms in total. The van der Waals surface area contributed by atoms with E-state index in [4.69, 9.17) is 28.1 Å². The smallest absolute Gasteiger partial charge is 0.396 e. The van der Waals surface area contributed by atoms with Gasteiger partial charge >= 0.3 is 47.3 Å². The van der Waals surface area contributed by atoms with E-state index in [-0.39, 0.29) is 95.3 Å². The summed E-state index contributed by atoms with van der Waals surface area (Å²) in [7, 11) is 6.80. The molecule has 8 aromatic heterocycles. The topological polar surface area (TPSA) is 428 Å². The van der Waals surface area contributed by atoms with Gasteiger partial charge in [-0.05, 0) is 149 Å². The number of nitrogens with one attached hydrogen (secondary N) is 3. The number of nitrogens with zero attached hydrogens (tertiary/aromatic N) is 16. The fourth-order valence-electron chi connectivity index (χ4n) is 15.8. The van der Waals surface area contributed by atoms with Gasteiger partial charge in [-0.15, -0.1) is 40.8 Å². The summed E-state index contributed by atoms with van der Waals surface area (Å²) in [5.41, 5.74) is 14.3. The van der Waals surface area contributed by atoms with Crippen molar-refractivity contribution in [2.45, 2.75) is 106 Å². The minimum atomic E-state index is -0.642. The lowest BCUT2D eigenvalue weighted by Gasteiger charge is -2.22. The first-order valence-corrected chi connectivity index (χ1v) is 39.0. The van der Waals surface area contributed by atoms with Crippen molar-refractivity contribution in [1.29, 1.82) is 0 Å². The van der Waals surface area contributed by atoms with Crippen molar-refractivity contribution in [3.8, 4) is 0 Å². The maximum absolute atomic E-state index is 13.0. The summed E-state index contributed by atoms with van der Waals surface area (Å²) in [6.45, 7) is 2.01. The highest BCUT2D eigenvalue weighted by molar-refractivity contribution is 6.04. The van der Waals surface area contributed by atoms with Gasteiger partial charge in [0.15, 0.2) is 0 Å². The number of fused-ring (bicyclic) bond motifs is 12. The Morgan fingerprint density at radius 3 is 0.916 bits per heavy atom. The van der Waals surface area contributed by atoms with Crippen LogP contribution in [0.1, 0.15) is 167 Å².